The van der Waals surface area contributed by atoms with Gasteiger partial charge in [0, 0.05) is 12.3 Å². The topological polar surface area (TPSA) is 26.3 Å². The fraction of sp³-hybridized carbons (Fsp3) is 0.875. The van der Waals surface area contributed by atoms with E-state index < -0.39 is 0 Å². The minimum absolute atomic E-state index is 0.00259. The zero-order chi connectivity index (χ0) is 19.3. The highest BCUT2D eigenvalue weighted by Gasteiger charge is 2.33. The fourth-order valence-corrected chi connectivity index (χ4v) is 3.96. The second-order valence-corrected chi connectivity index (χ2v) is 8.88. The lowest BCUT2D eigenvalue weighted by Gasteiger charge is -2.35. The minimum Gasteiger partial charge on any atom is -0.459 e. The highest BCUT2D eigenvalue weighted by molar-refractivity contribution is 5.69. The molecule has 0 aromatic carbocycles. The molecule has 0 radical (unpaired) electrons. The van der Waals surface area contributed by atoms with Crippen LogP contribution in [0.5, 0.6) is 0 Å². The fourth-order valence-electron chi connectivity index (χ4n) is 3.96. The monoisotopic (exact) mass is 364 g/mol. The Bertz CT molecular complexity index is 408. The predicted octanol–water partition coefficient (Wildman–Crippen LogP) is 7.76. The van der Waals surface area contributed by atoms with Gasteiger partial charge >= 0.3 is 5.97 Å². The summed E-state index contributed by atoms with van der Waals surface area (Å²) in [5.41, 5.74) is 1.15. The number of carbonyl (C=O) groups is 1. The van der Waals surface area contributed by atoms with Crippen LogP contribution in [0, 0.1) is 5.92 Å². The maximum atomic E-state index is 12.2. The SMILES string of the molecule is CCCCCCCCCCCCCC(=O)OC(C)(C)C1CC=C(C)CC1. The van der Waals surface area contributed by atoms with E-state index in [2.05, 4.69) is 33.8 Å². The van der Waals surface area contributed by atoms with Crippen molar-refractivity contribution < 1.29 is 9.53 Å². The average molecular weight is 365 g/mol. The molecule has 2 heteroatoms. The number of esters is 1. The molecule has 1 aliphatic rings. The second-order valence-electron chi connectivity index (χ2n) is 8.88. The molecule has 0 amide bonds. The molecular weight excluding hydrogens is 320 g/mol. The van der Waals surface area contributed by atoms with Gasteiger partial charge < -0.3 is 4.74 Å². The number of rotatable bonds is 14. The summed E-state index contributed by atoms with van der Waals surface area (Å²) in [5.74, 6) is 0.463. The van der Waals surface area contributed by atoms with Gasteiger partial charge in [-0.2, -0.15) is 0 Å². The van der Waals surface area contributed by atoms with E-state index in [0.717, 1.165) is 32.1 Å². The Balaban J connectivity index is 2.01. The molecule has 0 N–H and O–H groups in total. The standard InChI is InChI=1S/C24H44O2/c1-5-6-7-8-9-10-11-12-13-14-15-16-23(25)26-24(3,4)22-19-17-21(2)18-20-22/h17,22H,5-16,18-20H2,1-4H3. The molecule has 1 rings (SSSR count). The first-order chi connectivity index (χ1) is 12.5. The lowest BCUT2D eigenvalue weighted by Crippen LogP contribution is -2.37. The van der Waals surface area contributed by atoms with Gasteiger partial charge in [-0.1, -0.05) is 82.8 Å². The first kappa shape index (κ1) is 23.2. The molecule has 0 aromatic rings. The molecule has 1 unspecified atom stereocenters. The maximum absolute atomic E-state index is 12.2. The molecule has 1 atom stereocenters. The van der Waals surface area contributed by atoms with Crippen LogP contribution in [0.2, 0.25) is 0 Å². The zero-order valence-electron chi connectivity index (χ0n) is 18.1. The summed E-state index contributed by atoms with van der Waals surface area (Å²) in [6.07, 6.45) is 20.6. The molecule has 0 fully saturated rings. The van der Waals surface area contributed by atoms with Crippen LogP contribution in [0.4, 0.5) is 0 Å². The molecule has 0 heterocycles. The third-order valence-electron chi connectivity index (χ3n) is 5.98. The molecule has 0 aromatic heterocycles. The lowest BCUT2D eigenvalue weighted by molar-refractivity contribution is -0.162. The van der Waals surface area contributed by atoms with Gasteiger partial charge in [0.15, 0.2) is 0 Å². The Hall–Kier alpha value is -0.790. The van der Waals surface area contributed by atoms with Crippen LogP contribution in [0.3, 0.4) is 0 Å². The van der Waals surface area contributed by atoms with E-state index in [1.54, 1.807) is 0 Å². The lowest BCUT2D eigenvalue weighted by atomic mass is 9.79. The van der Waals surface area contributed by atoms with Gasteiger partial charge in [-0.05, 0) is 46.5 Å². The highest BCUT2D eigenvalue weighted by Crippen LogP contribution is 2.34. The average Bonchev–Trinajstić information content (AvgIpc) is 2.59. The van der Waals surface area contributed by atoms with Gasteiger partial charge in [-0.25, -0.2) is 0 Å². The van der Waals surface area contributed by atoms with E-state index in [0.29, 0.717) is 12.3 Å². The summed E-state index contributed by atoms with van der Waals surface area (Å²) in [7, 11) is 0. The highest BCUT2D eigenvalue weighted by atomic mass is 16.6. The number of hydrogen-bond acceptors (Lipinski definition) is 2. The van der Waals surface area contributed by atoms with Gasteiger partial charge in [-0.3, -0.25) is 4.79 Å². The molecule has 2 nitrogen and oxygen atoms in total. The van der Waals surface area contributed by atoms with Crippen molar-refractivity contribution in [2.24, 2.45) is 5.92 Å². The summed E-state index contributed by atoms with van der Waals surface area (Å²) < 4.78 is 5.84. The van der Waals surface area contributed by atoms with Crippen LogP contribution in [0.15, 0.2) is 11.6 Å². The Kier molecular flexibility index (Phi) is 12.0. The molecule has 0 saturated carbocycles. The quantitative estimate of drug-likeness (QED) is 0.179. The van der Waals surface area contributed by atoms with Gasteiger partial charge in [0.2, 0.25) is 0 Å². The van der Waals surface area contributed by atoms with Crippen molar-refractivity contribution in [2.45, 2.75) is 130 Å². The van der Waals surface area contributed by atoms with E-state index in [-0.39, 0.29) is 11.6 Å². The van der Waals surface area contributed by atoms with E-state index in [1.807, 2.05) is 0 Å². The number of hydrogen-bond donors (Lipinski definition) is 0. The number of allylic oxidation sites excluding steroid dienone is 2. The molecule has 0 bridgehead atoms. The van der Waals surface area contributed by atoms with Gasteiger partial charge in [0.05, 0.1) is 0 Å². The molecule has 26 heavy (non-hydrogen) atoms. The molecule has 0 aliphatic heterocycles. The van der Waals surface area contributed by atoms with E-state index in [9.17, 15) is 4.79 Å². The molecular formula is C24H44O2. The van der Waals surface area contributed by atoms with Crippen molar-refractivity contribution in [1.29, 1.82) is 0 Å². The Morgan fingerprint density at radius 3 is 2.04 bits per heavy atom. The van der Waals surface area contributed by atoms with Crippen LogP contribution in [-0.2, 0) is 9.53 Å². The Morgan fingerprint density at radius 2 is 1.54 bits per heavy atom. The van der Waals surface area contributed by atoms with Crippen LogP contribution < -0.4 is 0 Å². The van der Waals surface area contributed by atoms with Crippen molar-refractivity contribution in [3.05, 3.63) is 11.6 Å². The van der Waals surface area contributed by atoms with Crippen LogP contribution >= 0.6 is 0 Å². The zero-order valence-corrected chi connectivity index (χ0v) is 18.1. The van der Waals surface area contributed by atoms with Crippen LogP contribution in [0.25, 0.3) is 0 Å². The van der Waals surface area contributed by atoms with Gasteiger partial charge in [-0.15, -0.1) is 0 Å². The number of ether oxygens (including phenoxy) is 1. The first-order valence-corrected chi connectivity index (χ1v) is 11.3. The van der Waals surface area contributed by atoms with Crippen molar-refractivity contribution in [1.82, 2.24) is 0 Å². The predicted molar refractivity (Wildman–Crippen MR) is 112 cm³/mol. The summed E-state index contributed by atoms with van der Waals surface area (Å²) >= 11 is 0. The van der Waals surface area contributed by atoms with E-state index in [4.69, 9.17) is 4.74 Å². The summed E-state index contributed by atoms with van der Waals surface area (Å²) in [4.78, 5) is 12.2. The van der Waals surface area contributed by atoms with Crippen molar-refractivity contribution in [2.75, 3.05) is 0 Å². The summed E-state index contributed by atoms with van der Waals surface area (Å²) in [6, 6.07) is 0. The largest absolute Gasteiger partial charge is 0.459 e. The van der Waals surface area contributed by atoms with Gasteiger partial charge in [0.25, 0.3) is 0 Å². The van der Waals surface area contributed by atoms with Crippen molar-refractivity contribution in [3.8, 4) is 0 Å². The minimum atomic E-state index is -0.327. The third-order valence-corrected chi connectivity index (χ3v) is 5.98. The maximum Gasteiger partial charge on any atom is 0.306 e. The summed E-state index contributed by atoms with van der Waals surface area (Å²) in [6.45, 7) is 8.64. The van der Waals surface area contributed by atoms with Crippen LogP contribution in [-0.4, -0.2) is 11.6 Å². The third kappa shape index (κ3) is 10.4. The smallest absolute Gasteiger partial charge is 0.306 e. The van der Waals surface area contributed by atoms with Crippen LogP contribution in [0.1, 0.15) is 124 Å². The Labute approximate surface area is 163 Å². The second kappa shape index (κ2) is 13.4. The van der Waals surface area contributed by atoms with E-state index >= 15 is 0 Å². The molecule has 0 saturated heterocycles. The van der Waals surface area contributed by atoms with E-state index in [1.165, 1.54) is 63.4 Å². The first-order valence-electron chi connectivity index (χ1n) is 11.3. The number of unbranched alkanes of at least 4 members (excludes halogenated alkanes) is 10. The normalized spacial score (nSPS) is 17.8. The number of carbonyl (C=O) groups excluding carboxylic acids is 1. The van der Waals surface area contributed by atoms with Crippen molar-refractivity contribution in [3.63, 3.8) is 0 Å². The molecule has 0 spiro atoms. The molecule has 152 valence electrons. The molecule has 1 aliphatic carbocycles. The summed E-state index contributed by atoms with van der Waals surface area (Å²) in [5, 5.41) is 0. The van der Waals surface area contributed by atoms with Crippen molar-refractivity contribution >= 4 is 5.97 Å². The Morgan fingerprint density at radius 1 is 1.00 bits per heavy atom. The van der Waals surface area contributed by atoms with Gasteiger partial charge in [0.1, 0.15) is 5.60 Å².